The first kappa shape index (κ1) is 15.3. The van der Waals surface area contributed by atoms with Gasteiger partial charge in [-0.25, -0.2) is 4.98 Å². The van der Waals surface area contributed by atoms with Crippen LogP contribution in [-0.2, 0) is 11.0 Å². The van der Waals surface area contributed by atoms with Crippen molar-refractivity contribution in [1.29, 1.82) is 5.26 Å². The minimum atomic E-state index is -4.65. The zero-order valence-electron chi connectivity index (χ0n) is 10.1. The molecule has 2 N–H and O–H groups in total. The summed E-state index contributed by atoms with van der Waals surface area (Å²) in [6.07, 6.45) is -4.65. The maximum absolute atomic E-state index is 12.8. The molecular formula is C11H10F3N3OS. The van der Waals surface area contributed by atoms with E-state index in [9.17, 15) is 18.0 Å². The van der Waals surface area contributed by atoms with Gasteiger partial charge in [0.05, 0.1) is 16.4 Å². The maximum Gasteiger partial charge on any atom is 0.417 e. The Hall–Kier alpha value is -1.75. The predicted molar refractivity (Wildman–Crippen MR) is 63.2 cm³/mol. The Kier molecular flexibility index (Phi) is 4.42. The van der Waals surface area contributed by atoms with E-state index < -0.39 is 28.5 Å². The van der Waals surface area contributed by atoms with Gasteiger partial charge < -0.3 is 5.73 Å². The summed E-state index contributed by atoms with van der Waals surface area (Å²) in [6, 6.07) is 2.29. The van der Waals surface area contributed by atoms with E-state index in [1.54, 1.807) is 0 Å². The molecule has 1 rings (SSSR count). The highest BCUT2D eigenvalue weighted by molar-refractivity contribution is 8.00. The standard InChI is InChI=1S/C11H10F3N3OS/c1-5-3-8(11(12,13)14)7(4-15)10(17-5)19-6(2)9(16)18/h3,6H,1-2H3,(H2,16,18). The van der Waals surface area contributed by atoms with Gasteiger partial charge in [0.2, 0.25) is 5.91 Å². The van der Waals surface area contributed by atoms with Crippen LogP contribution in [0.5, 0.6) is 0 Å². The summed E-state index contributed by atoms with van der Waals surface area (Å²) in [6.45, 7) is 2.82. The minimum Gasteiger partial charge on any atom is -0.369 e. The fraction of sp³-hybridized carbons (Fsp3) is 0.364. The average Bonchev–Trinajstić information content (AvgIpc) is 2.26. The number of nitrogens with zero attached hydrogens (tertiary/aromatic N) is 2. The van der Waals surface area contributed by atoms with Gasteiger partial charge in [-0.3, -0.25) is 4.79 Å². The van der Waals surface area contributed by atoms with Gasteiger partial charge in [0.1, 0.15) is 11.1 Å². The van der Waals surface area contributed by atoms with Crippen LogP contribution in [0.3, 0.4) is 0 Å². The van der Waals surface area contributed by atoms with E-state index in [-0.39, 0.29) is 10.7 Å². The van der Waals surface area contributed by atoms with Crippen molar-refractivity contribution in [2.24, 2.45) is 5.73 Å². The van der Waals surface area contributed by atoms with Crippen LogP contribution in [0.4, 0.5) is 13.2 Å². The summed E-state index contributed by atoms with van der Waals surface area (Å²) in [5.74, 6) is -0.689. The van der Waals surface area contributed by atoms with Gasteiger partial charge in [0.25, 0.3) is 0 Å². The number of nitriles is 1. The molecule has 1 heterocycles. The fourth-order valence-electron chi connectivity index (χ4n) is 1.29. The van der Waals surface area contributed by atoms with Crippen LogP contribution in [-0.4, -0.2) is 16.1 Å². The number of carbonyl (C=O) groups is 1. The molecule has 0 spiro atoms. The van der Waals surface area contributed by atoms with Gasteiger partial charge in [-0.05, 0) is 19.9 Å². The SMILES string of the molecule is Cc1cc(C(F)(F)F)c(C#N)c(SC(C)C(N)=O)n1. The number of pyridine rings is 1. The zero-order valence-corrected chi connectivity index (χ0v) is 10.9. The lowest BCUT2D eigenvalue weighted by Crippen LogP contribution is -2.23. The molecule has 0 bridgehead atoms. The van der Waals surface area contributed by atoms with Crippen molar-refractivity contribution in [2.45, 2.75) is 30.3 Å². The van der Waals surface area contributed by atoms with E-state index in [1.165, 1.54) is 19.9 Å². The largest absolute Gasteiger partial charge is 0.417 e. The molecule has 1 unspecified atom stereocenters. The molecule has 1 atom stereocenters. The molecule has 0 aliphatic carbocycles. The highest BCUT2D eigenvalue weighted by atomic mass is 32.2. The third kappa shape index (κ3) is 3.61. The molecule has 8 heteroatoms. The fourth-order valence-corrected chi connectivity index (χ4v) is 2.21. The Bertz CT molecular complexity index is 551. The normalized spacial score (nSPS) is 12.8. The number of carbonyl (C=O) groups excluding carboxylic acids is 1. The van der Waals surface area contributed by atoms with Crippen LogP contribution in [0.2, 0.25) is 0 Å². The Morgan fingerprint density at radius 3 is 2.58 bits per heavy atom. The van der Waals surface area contributed by atoms with E-state index in [0.717, 1.165) is 17.8 Å². The molecule has 0 saturated heterocycles. The predicted octanol–water partition coefficient (Wildman–Crippen LogP) is 2.25. The minimum absolute atomic E-state index is 0.116. The molecule has 0 aliphatic heterocycles. The van der Waals surface area contributed by atoms with Gasteiger partial charge in [0.15, 0.2) is 0 Å². The smallest absolute Gasteiger partial charge is 0.369 e. The second-order valence-corrected chi connectivity index (χ2v) is 5.09. The number of hydrogen-bond donors (Lipinski definition) is 1. The van der Waals surface area contributed by atoms with Crippen molar-refractivity contribution in [3.63, 3.8) is 0 Å². The molecule has 0 fully saturated rings. The number of amides is 1. The molecule has 1 aromatic rings. The molecule has 0 aliphatic rings. The number of thioether (sulfide) groups is 1. The van der Waals surface area contributed by atoms with E-state index >= 15 is 0 Å². The summed E-state index contributed by atoms with van der Waals surface area (Å²) >= 11 is 0.739. The monoisotopic (exact) mass is 289 g/mol. The molecular weight excluding hydrogens is 279 g/mol. The average molecular weight is 289 g/mol. The lowest BCUT2D eigenvalue weighted by Gasteiger charge is -2.14. The van der Waals surface area contributed by atoms with Crippen molar-refractivity contribution in [2.75, 3.05) is 0 Å². The zero-order chi connectivity index (χ0) is 14.8. The van der Waals surface area contributed by atoms with Crippen LogP contribution in [0.25, 0.3) is 0 Å². The van der Waals surface area contributed by atoms with Crippen LogP contribution >= 0.6 is 11.8 Å². The summed E-state index contributed by atoms with van der Waals surface area (Å²) in [4.78, 5) is 14.8. The molecule has 1 aromatic heterocycles. The lowest BCUT2D eigenvalue weighted by molar-refractivity contribution is -0.138. The molecule has 1 amide bonds. The van der Waals surface area contributed by atoms with Gasteiger partial charge in [-0.2, -0.15) is 18.4 Å². The van der Waals surface area contributed by atoms with Gasteiger partial charge in [-0.15, -0.1) is 0 Å². The van der Waals surface area contributed by atoms with Gasteiger partial charge in [-0.1, -0.05) is 11.8 Å². The Morgan fingerprint density at radius 1 is 1.58 bits per heavy atom. The lowest BCUT2D eigenvalue weighted by atomic mass is 10.1. The van der Waals surface area contributed by atoms with Crippen LogP contribution in [0, 0.1) is 18.3 Å². The first-order valence-electron chi connectivity index (χ1n) is 5.11. The molecule has 4 nitrogen and oxygen atoms in total. The number of alkyl halides is 3. The third-order valence-corrected chi connectivity index (χ3v) is 3.33. The van der Waals surface area contributed by atoms with E-state index in [0.29, 0.717) is 0 Å². The second-order valence-electron chi connectivity index (χ2n) is 3.76. The number of aryl methyl sites for hydroxylation is 1. The molecule has 0 saturated carbocycles. The second kappa shape index (κ2) is 5.48. The van der Waals surface area contributed by atoms with Crippen molar-refractivity contribution in [3.8, 4) is 6.07 Å². The molecule has 19 heavy (non-hydrogen) atoms. The third-order valence-electron chi connectivity index (χ3n) is 2.22. The maximum atomic E-state index is 12.8. The van der Waals surface area contributed by atoms with E-state index in [2.05, 4.69) is 4.98 Å². The highest BCUT2D eigenvalue weighted by Crippen LogP contribution is 2.36. The van der Waals surface area contributed by atoms with E-state index in [4.69, 9.17) is 11.0 Å². The summed E-state index contributed by atoms with van der Waals surface area (Å²) in [5.41, 5.74) is 3.52. The van der Waals surface area contributed by atoms with Crippen LogP contribution in [0.1, 0.15) is 23.7 Å². The van der Waals surface area contributed by atoms with Crippen molar-refractivity contribution >= 4 is 17.7 Å². The number of rotatable bonds is 3. The Morgan fingerprint density at radius 2 is 2.16 bits per heavy atom. The molecule has 102 valence electrons. The van der Waals surface area contributed by atoms with Crippen LogP contribution in [0.15, 0.2) is 11.1 Å². The first-order valence-corrected chi connectivity index (χ1v) is 5.99. The topological polar surface area (TPSA) is 79.8 Å². The van der Waals surface area contributed by atoms with Crippen molar-refractivity contribution in [1.82, 2.24) is 4.98 Å². The Balaban J connectivity index is 3.37. The number of hydrogen-bond acceptors (Lipinski definition) is 4. The highest BCUT2D eigenvalue weighted by Gasteiger charge is 2.36. The van der Waals surface area contributed by atoms with Crippen LogP contribution < -0.4 is 5.73 Å². The summed E-state index contributed by atoms with van der Waals surface area (Å²) in [5, 5.41) is 7.97. The molecule has 0 radical (unpaired) electrons. The quantitative estimate of drug-likeness (QED) is 0.865. The number of nitrogens with two attached hydrogens (primary N) is 1. The Labute approximate surface area is 111 Å². The summed E-state index contributed by atoms with van der Waals surface area (Å²) in [7, 11) is 0. The van der Waals surface area contributed by atoms with Gasteiger partial charge >= 0.3 is 6.18 Å². The van der Waals surface area contributed by atoms with Gasteiger partial charge in [0, 0.05) is 5.69 Å². The first-order chi connectivity index (χ1) is 8.66. The van der Waals surface area contributed by atoms with Crippen molar-refractivity contribution in [3.05, 3.63) is 22.9 Å². The number of primary amides is 1. The number of halogens is 3. The van der Waals surface area contributed by atoms with E-state index in [1.807, 2.05) is 0 Å². The summed E-state index contributed by atoms with van der Waals surface area (Å²) < 4.78 is 38.4. The number of aromatic nitrogens is 1. The van der Waals surface area contributed by atoms with Crippen molar-refractivity contribution < 1.29 is 18.0 Å². The molecule has 0 aromatic carbocycles.